The lowest BCUT2D eigenvalue weighted by atomic mass is 9.68. The fourth-order valence-electron chi connectivity index (χ4n) is 4.82. The minimum Gasteiger partial charge on any atom is -0.469 e. The molecular weight excluding hydrogens is 288 g/mol. The first-order chi connectivity index (χ1) is 11.2. The van der Waals surface area contributed by atoms with Crippen molar-refractivity contribution in [1.29, 1.82) is 0 Å². The second-order valence-corrected chi connectivity index (χ2v) is 6.86. The molecule has 4 rings (SSSR count). The van der Waals surface area contributed by atoms with E-state index in [1.54, 1.807) is 0 Å². The third-order valence-electron chi connectivity index (χ3n) is 5.95. The van der Waals surface area contributed by atoms with Crippen LogP contribution in [0.4, 0.5) is 0 Å². The van der Waals surface area contributed by atoms with Crippen LogP contribution in [-0.2, 0) is 16.0 Å². The number of methoxy groups -OCH3 is 1. The minimum absolute atomic E-state index is 0.0544. The van der Waals surface area contributed by atoms with Crippen molar-refractivity contribution in [3.05, 3.63) is 35.5 Å². The molecular formula is C19H24N2O2. The highest BCUT2D eigenvalue weighted by Gasteiger charge is 2.52. The molecule has 23 heavy (non-hydrogen) atoms. The second kappa shape index (κ2) is 5.38. The molecule has 2 aliphatic rings. The number of carbonyl (C=O) groups is 1. The molecule has 1 fully saturated rings. The number of ether oxygens (including phenoxy) is 1. The Morgan fingerprint density at radius 1 is 1.39 bits per heavy atom. The number of nitrogens with one attached hydrogen (secondary N) is 1. The Balaban J connectivity index is 1.92. The molecule has 0 bridgehead atoms. The van der Waals surface area contributed by atoms with Gasteiger partial charge in [0.25, 0.3) is 0 Å². The van der Waals surface area contributed by atoms with Gasteiger partial charge in [0.1, 0.15) is 0 Å². The zero-order valence-electron chi connectivity index (χ0n) is 13.9. The number of rotatable bonds is 2. The van der Waals surface area contributed by atoms with Crippen molar-refractivity contribution in [3.8, 4) is 0 Å². The molecule has 0 amide bonds. The molecule has 2 aromatic rings. The van der Waals surface area contributed by atoms with E-state index in [4.69, 9.17) is 4.74 Å². The molecule has 4 nitrogen and oxygen atoms in total. The highest BCUT2D eigenvalue weighted by atomic mass is 16.5. The standard InChI is InChI=1S/C19H24N2O2/c1-3-19(18(22)23-2)10-6-11-21-12-9-14-13-7-4-5-8-15(13)20-16(14)17(19)21/h4-5,7-8,17,20H,3,6,9-12H2,1-2H3/t17-,19-/m1/s1. The van der Waals surface area contributed by atoms with Gasteiger partial charge in [-0.15, -0.1) is 0 Å². The summed E-state index contributed by atoms with van der Waals surface area (Å²) in [4.78, 5) is 18.9. The number of para-hydroxylation sites is 1. The van der Waals surface area contributed by atoms with Crippen LogP contribution in [0.1, 0.15) is 43.5 Å². The van der Waals surface area contributed by atoms with E-state index in [1.807, 2.05) is 0 Å². The first kappa shape index (κ1) is 14.8. The van der Waals surface area contributed by atoms with Gasteiger partial charge < -0.3 is 9.72 Å². The largest absolute Gasteiger partial charge is 0.469 e. The van der Waals surface area contributed by atoms with Crippen LogP contribution in [0.25, 0.3) is 10.9 Å². The van der Waals surface area contributed by atoms with Gasteiger partial charge in [0.2, 0.25) is 0 Å². The smallest absolute Gasteiger partial charge is 0.313 e. The molecule has 0 saturated carbocycles. The number of hydrogen-bond acceptors (Lipinski definition) is 3. The lowest BCUT2D eigenvalue weighted by molar-refractivity contribution is -0.163. The number of carbonyl (C=O) groups excluding carboxylic acids is 1. The summed E-state index contributed by atoms with van der Waals surface area (Å²) in [6.07, 6.45) is 3.84. The van der Waals surface area contributed by atoms with E-state index in [9.17, 15) is 4.79 Å². The fourth-order valence-corrected chi connectivity index (χ4v) is 4.82. The number of aromatic nitrogens is 1. The Kier molecular flexibility index (Phi) is 3.45. The Morgan fingerprint density at radius 2 is 2.22 bits per heavy atom. The monoisotopic (exact) mass is 312 g/mol. The third-order valence-corrected chi connectivity index (χ3v) is 5.95. The van der Waals surface area contributed by atoms with Gasteiger partial charge >= 0.3 is 5.97 Å². The lowest BCUT2D eigenvalue weighted by Gasteiger charge is -2.49. The van der Waals surface area contributed by atoms with E-state index in [0.717, 1.165) is 38.8 Å². The van der Waals surface area contributed by atoms with E-state index in [-0.39, 0.29) is 12.0 Å². The molecule has 0 radical (unpaired) electrons. The van der Waals surface area contributed by atoms with Crippen LogP contribution in [0.15, 0.2) is 24.3 Å². The summed E-state index contributed by atoms with van der Waals surface area (Å²) in [6.45, 7) is 4.22. The van der Waals surface area contributed by atoms with Crippen LogP contribution in [0.5, 0.6) is 0 Å². The average Bonchev–Trinajstić information content (AvgIpc) is 2.99. The summed E-state index contributed by atoms with van der Waals surface area (Å²) in [7, 11) is 1.52. The van der Waals surface area contributed by atoms with Crippen LogP contribution in [0.2, 0.25) is 0 Å². The predicted molar refractivity (Wildman–Crippen MR) is 90.3 cm³/mol. The number of esters is 1. The summed E-state index contributed by atoms with van der Waals surface area (Å²) < 4.78 is 5.24. The van der Waals surface area contributed by atoms with Crippen molar-refractivity contribution >= 4 is 16.9 Å². The van der Waals surface area contributed by atoms with Crippen LogP contribution in [0.3, 0.4) is 0 Å². The van der Waals surface area contributed by atoms with Gasteiger partial charge in [0, 0.05) is 23.1 Å². The second-order valence-electron chi connectivity index (χ2n) is 6.86. The number of H-pyrrole nitrogens is 1. The SMILES string of the molecule is CC[C@@]1(C(=O)OC)CCCN2CCc3c([nH]c4ccccc34)[C@@H]21. The Bertz CT molecular complexity index is 751. The van der Waals surface area contributed by atoms with Gasteiger partial charge in [-0.25, -0.2) is 0 Å². The van der Waals surface area contributed by atoms with Crippen LogP contribution in [-0.4, -0.2) is 36.1 Å². The maximum Gasteiger partial charge on any atom is 0.313 e. The van der Waals surface area contributed by atoms with Crippen molar-refractivity contribution < 1.29 is 9.53 Å². The molecule has 4 heteroatoms. The van der Waals surface area contributed by atoms with Crippen molar-refractivity contribution in [3.63, 3.8) is 0 Å². The molecule has 2 atom stereocenters. The quantitative estimate of drug-likeness (QED) is 0.864. The normalized spacial score (nSPS) is 27.5. The number of benzene rings is 1. The minimum atomic E-state index is -0.428. The van der Waals surface area contributed by atoms with Gasteiger partial charge in [0.05, 0.1) is 18.6 Å². The van der Waals surface area contributed by atoms with E-state index in [1.165, 1.54) is 29.3 Å². The molecule has 2 aliphatic heterocycles. The molecule has 122 valence electrons. The molecule has 3 heterocycles. The number of aromatic amines is 1. The van der Waals surface area contributed by atoms with Gasteiger partial charge in [-0.1, -0.05) is 25.1 Å². The van der Waals surface area contributed by atoms with Crippen molar-refractivity contribution in [2.75, 3.05) is 20.2 Å². The van der Waals surface area contributed by atoms with Crippen LogP contribution < -0.4 is 0 Å². The molecule has 1 aromatic heterocycles. The van der Waals surface area contributed by atoms with E-state index in [0.29, 0.717) is 0 Å². The summed E-state index contributed by atoms with van der Waals surface area (Å²) in [5.41, 5.74) is 3.39. The zero-order chi connectivity index (χ0) is 16.0. The molecule has 1 N–H and O–H groups in total. The first-order valence-electron chi connectivity index (χ1n) is 8.63. The topological polar surface area (TPSA) is 45.3 Å². The number of nitrogens with zero attached hydrogens (tertiary/aromatic N) is 1. The van der Waals surface area contributed by atoms with Gasteiger partial charge in [-0.05, 0) is 43.9 Å². The van der Waals surface area contributed by atoms with E-state index < -0.39 is 5.41 Å². The third kappa shape index (κ3) is 1.97. The first-order valence-corrected chi connectivity index (χ1v) is 8.63. The van der Waals surface area contributed by atoms with Crippen molar-refractivity contribution in [2.24, 2.45) is 5.41 Å². The highest BCUT2D eigenvalue weighted by molar-refractivity contribution is 5.86. The zero-order valence-corrected chi connectivity index (χ0v) is 13.9. The number of piperidine rings is 1. The number of hydrogen-bond donors (Lipinski definition) is 1. The number of fused-ring (bicyclic) bond motifs is 5. The van der Waals surface area contributed by atoms with Gasteiger partial charge in [-0.3, -0.25) is 9.69 Å². The van der Waals surface area contributed by atoms with Crippen molar-refractivity contribution in [1.82, 2.24) is 9.88 Å². The van der Waals surface area contributed by atoms with E-state index in [2.05, 4.69) is 41.1 Å². The molecule has 1 aromatic carbocycles. The summed E-state index contributed by atoms with van der Waals surface area (Å²) in [5, 5.41) is 1.31. The molecule has 1 saturated heterocycles. The fraction of sp³-hybridized carbons (Fsp3) is 0.526. The van der Waals surface area contributed by atoms with Gasteiger partial charge in [-0.2, -0.15) is 0 Å². The summed E-state index contributed by atoms with van der Waals surface area (Å²) in [5.74, 6) is -0.0544. The maximum absolute atomic E-state index is 12.7. The summed E-state index contributed by atoms with van der Waals surface area (Å²) >= 11 is 0. The maximum atomic E-state index is 12.7. The van der Waals surface area contributed by atoms with Crippen LogP contribution in [0, 0.1) is 5.41 Å². The summed E-state index contributed by atoms with van der Waals surface area (Å²) in [6, 6.07) is 8.60. The Morgan fingerprint density at radius 3 is 3.00 bits per heavy atom. The predicted octanol–water partition coefficient (Wildman–Crippen LogP) is 3.43. The molecule has 0 spiro atoms. The highest BCUT2D eigenvalue weighted by Crippen LogP contribution is 2.52. The molecule has 0 aliphatic carbocycles. The molecule has 0 unspecified atom stereocenters. The Hall–Kier alpha value is -1.81. The van der Waals surface area contributed by atoms with Gasteiger partial charge in [0.15, 0.2) is 0 Å². The van der Waals surface area contributed by atoms with Crippen molar-refractivity contribution in [2.45, 2.75) is 38.6 Å². The van der Waals surface area contributed by atoms with E-state index >= 15 is 0 Å². The Labute approximate surface area is 136 Å². The van der Waals surface area contributed by atoms with Crippen LogP contribution >= 0.6 is 0 Å². The average molecular weight is 312 g/mol. The lowest BCUT2D eigenvalue weighted by Crippen LogP contribution is -2.53.